The summed E-state index contributed by atoms with van der Waals surface area (Å²) in [5.41, 5.74) is 1.85. The molecule has 0 aromatic heterocycles. The molecular formula is C15H19ClO3. The summed E-state index contributed by atoms with van der Waals surface area (Å²) in [5.74, 6) is -0.616. The topological polar surface area (TPSA) is 43.4 Å². The molecular weight excluding hydrogens is 264 g/mol. The van der Waals surface area contributed by atoms with Crippen molar-refractivity contribution in [2.45, 2.75) is 26.2 Å². The van der Waals surface area contributed by atoms with Gasteiger partial charge in [-0.2, -0.15) is 0 Å². The molecule has 1 aromatic rings. The molecule has 0 heterocycles. The maximum atomic E-state index is 11.7. The Morgan fingerprint density at radius 1 is 1.32 bits per heavy atom. The van der Waals surface area contributed by atoms with Crippen LogP contribution in [-0.4, -0.2) is 24.7 Å². The van der Waals surface area contributed by atoms with E-state index >= 15 is 0 Å². The number of hydrogen-bond donors (Lipinski definition) is 0. The standard InChI is InChI=1S/C15H19ClO3/c1-11(2)9-12-3-5-13(6-4-12)14(10-17)15(18)19-8-7-16/h3-6,10-11,14H,7-9H2,1-2H3/t14-/m0/s1. The van der Waals surface area contributed by atoms with Crippen LogP contribution in [0.25, 0.3) is 0 Å². The molecule has 0 unspecified atom stereocenters. The summed E-state index contributed by atoms with van der Waals surface area (Å²) in [4.78, 5) is 22.7. The van der Waals surface area contributed by atoms with Crippen molar-refractivity contribution in [2.75, 3.05) is 12.5 Å². The van der Waals surface area contributed by atoms with Crippen molar-refractivity contribution in [2.24, 2.45) is 5.92 Å². The Bertz CT molecular complexity index is 412. The van der Waals surface area contributed by atoms with Crippen LogP contribution < -0.4 is 0 Å². The van der Waals surface area contributed by atoms with Gasteiger partial charge in [-0.3, -0.25) is 4.79 Å². The SMILES string of the molecule is CC(C)Cc1ccc([C@H](C=O)C(=O)OCCCl)cc1. The molecule has 0 aliphatic rings. The van der Waals surface area contributed by atoms with Gasteiger partial charge in [-0.15, -0.1) is 11.6 Å². The first-order valence-electron chi connectivity index (χ1n) is 6.35. The minimum atomic E-state index is -0.865. The second kappa shape index (κ2) is 7.95. The first-order chi connectivity index (χ1) is 9.08. The van der Waals surface area contributed by atoms with Crippen molar-refractivity contribution in [1.82, 2.24) is 0 Å². The molecule has 1 rings (SSSR count). The Labute approximate surface area is 118 Å². The van der Waals surface area contributed by atoms with Crippen LogP contribution in [-0.2, 0) is 20.7 Å². The Balaban J connectivity index is 2.76. The van der Waals surface area contributed by atoms with Crippen LogP contribution in [0.15, 0.2) is 24.3 Å². The second-order valence-electron chi connectivity index (χ2n) is 4.81. The van der Waals surface area contributed by atoms with Gasteiger partial charge in [-0.05, 0) is 23.5 Å². The molecule has 0 aliphatic heterocycles. The first kappa shape index (κ1) is 15.7. The summed E-state index contributed by atoms with van der Waals surface area (Å²) < 4.78 is 4.89. The zero-order valence-corrected chi connectivity index (χ0v) is 12.0. The van der Waals surface area contributed by atoms with Gasteiger partial charge in [0.1, 0.15) is 18.8 Å². The van der Waals surface area contributed by atoms with Crippen molar-refractivity contribution in [3.05, 3.63) is 35.4 Å². The summed E-state index contributed by atoms with van der Waals surface area (Å²) in [6.07, 6.45) is 1.58. The van der Waals surface area contributed by atoms with Gasteiger partial charge in [-0.25, -0.2) is 0 Å². The monoisotopic (exact) mass is 282 g/mol. The number of carbonyl (C=O) groups is 2. The van der Waals surface area contributed by atoms with Gasteiger partial charge in [-0.1, -0.05) is 38.1 Å². The third kappa shape index (κ3) is 5.03. The molecule has 0 saturated carbocycles. The van der Waals surface area contributed by atoms with Gasteiger partial charge in [0.2, 0.25) is 0 Å². The summed E-state index contributed by atoms with van der Waals surface area (Å²) in [6, 6.07) is 7.50. The summed E-state index contributed by atoms with van der Waals surface area (Å²) in [7, 11) is 0. The number of alkyl halides is 1. The minimum absolute atomic E-state index is 0.121. The predicted molar refractivity (Wildman–Crippen MR) is 75.5 cm³/mol. The van der Waals surface area contributed by atoms with Crippen LogP contribution in [0.5, 0.6) is 0 Å². The van der Waals surface area contributed by atoms with Crippen molar-refractivity contribution < 1.29 is 14.3 Å². The summed E-state index contributed by atoms with van der Waals surface area (Å²) in [5, 5.41) is 0. The normalized spacial score (nSPS) is 12.2. The maximum Gasteiger partial charge on any atom is 0.320 e. The Morgan fingerprint density at radius 3 is 2.42 bits per heavy atom. The Morgan fingerprint density at radius 2 is 1.95 bits per heavy atom. The number of rotatable bonds is 7. The molecule has 0 radical (unpaired) electrons. The van der Waals surface area contributed by atoms with Crippen LogP contribution in [0.1, 0.15) is 30.9 Å². The van der Waals surface area contributed by atoms with Crippen LogP contribution in [0.2, 0.25) is 0 Å². The molecule has 0 bridgehead atoms. The quantitative estimate of drug-likeness (QED) is 0.334. The van der Waals surface area contributed by atoms with E-state index < -0.39 is 11.9 Å². The van der Waals surface area contributed by atoms with Crippen molar-refractivity contribution >= 4 is 23.9 Å². The molecule has 19 heavy (non-hydrogen) atoms. The lowest BCUT2D eigenvalue weighted by atomic mass is 9.96. The predicted octanol–water partition coefficient (Wildman–Crippen LogP) is 2.95. The average Bonchev–Trinajstić information content (AvgIpc) is 2.38. The van der Waals surface area contributed by atoms with Crippen LogP contribution >= 0.6 is 11.6 Å². The maximum absolute atomic E-state index is 11.7. The van der Waals surface area contributed by atoms with Gasteiger partial charge in [0.05, 0.1) is 5.88 Å². The highest BCUT2D eigenvalue weighted by Gasteiger charge is 2.21. The number of benzene rings is 1. The van der Waals surface area contributed by atoms with E-state index in [0.29, 0.717) is 17.8 Å². The lowest BCUT2D eigenvalue weighted by Crippen LogP contribution is -2.18. The van der Waals surface area contributed by atoms with Crippen molar-refractivity contribution in [1.29, 1.82) is 0 Å². The van der Waals surface area contributed by atoms with Gasteiger partial charge in [0.25, 0.3) is 0 Å². The highest BCUT2D eigenvalue weighted by atomic mass is 35.5. The van der Waals surface area contributed by atoms with E-state index in [-0.39, 0.29) is 12.5 Å². The molecule has 0 aliphatic carbocycles. The number of carbonyl (C=O) groups excluding carboxylic acids is 2. The number of hydrogen-bond acceptors (Lipinski definition) is 3. The highest BCUT2D eigenvalue weighted by Crippen LogP contribution is 2.17. The van der Waals surface area contributed by atoms with E-state index in [9.17, 15) is 9.59 Å². The highest BCUT2D eigenvalue weighted by molar-refractivity contribution is 6.18. The lowest BCUT2D eigenvalue weighted by molar-refractivity contribution is -0.145. The van der Waals surface area contributed by atoms with Gasteiger partial charge < -0.3 is 9.53 Å². The van der Waals surface area contributed by atoms with E-state index in [4.69, 9.17) is 16.3 Å². The number of aldehydes is 1. The van der Waals surface area contributed by atoms with Crippen molar-refractivity contribution in [3.63, 3.8) is 0 Å². The van der Waals surface area contributed by atoms with E-state index in [1.807, 2.05) is 12.1 Å². The lowest BCUT2D eigenvalue weighted by Gasteiger charge is -2.11. The van der Waals surface area contributed by atoms with Crippen molar-refractivity contribution in [3.8, 4) is 0 Å². The smallest absolute Gasteiger partial charge is 0.320 e. The van der Waals surface area contributed by atoms with E-state index in [1.54, 1.807) is 12.1 Å². The third-order valence-corrected chi connectivity index (χ3v) is 2.85. The zero-order chi connectivity index (χ0) is 14.3. The minimum Gasteiger partial charge on any atom is -0.464 e. The molecule has 0 saturated heterocycles. The molecule has 0 amide bonds. The number of halogens is 1. The van der Waals surface area contributed by atoms with Crippen LogP contribution in [0.4, 0.5) is 0 Å². The largest absolute Gasteiger partial charge is 0.464 e. The fraction of sp³-hybridized carbons (Fsp3) is 0.467. The molecule has 0 N–H and O–H groups in total. The summed E-state index contributed by atoms with van der Waals surface area (Å²) in [6.45, 7) is 4.41. The second-order valence-corrected chi connectivity index (χ2v) is 5.19. The molecule has 1 atom stereocenters. The van der Waals surface area contributed by atoms with E-state index in [0.717, 1.165) is 6.42 Å². The van der Waals surface area contributed by atoms with Gasteiger partial charge in [0.15, 0.2) is 0 Å². The number of esters is 1. The molecule has 4 heteroatoms. The molecule has 1 aromatic carbocycles. The average molecular weight is 283 g/mol. The zero-order valence-electron chi connectivity index (χ0n) is 11.3. The molecule has 3 nitrogen and oxygen atoms in total. The Hall–Kier alpha value is -1.35. The van der Waals surface area contributed by atoms with Crippen LogP contribution in [0.3, 0.4) is 0 Å². The molecule has 0 fully saturated rings. The fourth-order valence-corrected chi connectivity index (χ4v) is 1.91. The number of ether oxygens (including phenoxy) is 1. The van der Waals surface area contributed by atoms with Gasteiger partial charge >= 0.3 is 5.97 Å². The van der Waals surface area contributed by atoms with Crippen LogP contribution in [0, 0.1) is 5.92 Å². The van der Waals surface area contributed by atoms with E-state index in [2.05, 4.69) is 13.8 Å². The Kier molecular flexibility index (Phi) is 6.57. The molecule has 104 valence electrons. The summed E-state index contributed by atoms with van der Waals surface area (Å²) >= 11 is 5.44. The molecule has 0 spiro atoms. The third-order valence-electron chi connectivity index (χ3n) is 2.69. The van der Waals surface area contributed by atoms with E-state index in [1.165, 1.54) is 5.56 Å². The fourth-order valence-electron chi connectivity index (χ4n) is 1.83. The van der Waals surface area contributed by atoms with Gasteiger partial charge in [0, 0.05) is 0 Å². The first-order valence-corrected chi connectivity index (χ1v) is 6.88.